The van der Waals surface area contributed by atoms with Gasteiger partial charge in [-0.1, -0.05) is 13.5 Å². The van der Waals surface area contributed by atoms with Crippen LogP contribution >= 0.6 is 0 Å². The number of hydrogen-bond acceptors (Lipinski definition) is 3. The summed E-state index contributed by atoms with van der Waals surface area (Å²) in [5.41, 5.74) is -0.805. The molecule has 0 aromatic carbocycles. The summed E-state index contributed by atoms with van der Waals surface area (Å²) in [4.78, 5) is 11.7. The molecular weight excluding hydrogens is 307 g/mol. The molecular formula is C13H22F3NO3S. The van der Waals surface area contributed by atoms with Gasteiger partial charge in [0, 0.05) is 0 Å². The van der Waals surface area contributed by atoms with Crippen LogP contribution in [0.1, 0.15) is 41.0 Å². The summed E-state index contributed by atoms with van der Waals surface area (Å²) in [6, 6.07) is -2.41. The molecule has 0 heterocycles. The Hall–Kier alpha value is -0.890. The monoisotopic (exact) mass is 329 g/mol. The third kappa shape index (κ3) is 6.60. The first-order valence-electron chi connectivity index (χ1n) is 6.45. The standard InChI is InChI=1S/C13H22F3NO3S/c1-7-8(2)20-11(18)9(3)10(13(14,15)16)17-21(19)12(4,5)6/h8,10,17H,3,7H2,1-2,4-6H3/t8?,10-,21-/m0/s1. The van der Waals surface area contributed by atoms with Gasteiger partial charge in [-0.3, -0.25) is 0 Å². The van der Waals surface area contributed by atoms with E-state index in [4.69, 9.17) is 4.74 Å². The van der Waals surface area contributed by atoms with Crippen LogP contribution in [0.25, 0.3) is 0 Å². The van der Waals surface area contributed by atoms with Crippen LogP contribution in [-0.4, -0.2) is 33.2 Å². The highest BCUT2D eigenvalue weighted by Gasteiger charge is 2.46. The zero-order valence-electron chi connectivity index (χ0n) is 12.8. The molecule has 0 bridgehead atoms. The summed E-state index contributed by atoms with van der Waals surface area (Å²) in [5, 5.41) is 0. The first kappa shape index (κ1) is 20.1. The normalized spacial score (nSPS) is 17.0. The molecule has 0 saturated carbocycles. The van der Waals surface area contributed by atoms with Crippen molar-refractivity contribution >= 4 is 17.0 Å². The molecule has 124 valence electrons. The molecule has 8 heteroatoms. The fourth-order valence-electron chi connectivity index (χ4n) is 1.08. The van der Waals surface area contributed by atoms with Crippen molar-refractivity contribution in [2.75, 3.05) is 0 Å². The molecule has 0 amide bonds. The maximum Gasteiger partial charge on any atom is 0.409 e. The van der Waals surface area contributed by atoms with Gasteiger partial charge in [0.1, 0.15) is 6.04 Å². The second-order valence-corrected chi connectivity index (χ2v) is 7.62. The van der Waals surface area contributed by atoms with Crippen LogP contribution < -0.4 is 4.72 Å². The second-order valence-electron chi connectivity index (χ2n) is 5.62. The van der Waals surface area contributed by atoms with E-state index in [0.29, 0.717) is 6.42 Å². The first-order chi connectivity index (χ1) is 9.30. The molecule has 0 aliphatic rings. The Bertz CT molecular complexity index is 416. The minimum absolute atomic E-state index is 0.469. The van der Waals surface area contributed by atoms with E-state index in [1.165, 1.54) is 20.8 Å². The molecule has 0 aliphatic heterocycles. The van der Waals surface area contributed by atoms with Gasteiger partial charge in [-0.15, -0.1) is 0 Å². The number of nitrogens with one attached hydrogen (secondary N) is 1. The molecule has 0 spiro atoms. The van der Waals surface area contributed by atoms with E-state index in [1.54, 1.807) is 13.8 Å². The number of rotatable bonds is 6. The van der Waals surface area contributed by atoms with Crippen molar-refractivity contribution in [3.05, 3.63) is 12.2 Å². The maximum absolute atomic E-state index is 13.0. The molecule has 4 nitrogen and oxygen atoms in total. The molecule has 0 aromatic rings. The SMILES string of the molecule is C=C(C(=O)OC(C)CC)[C@H](N[S@@](=O)C(C)(C)C)C(F)(F)F. The van der Waals surface area contributed by atoms with Crippen LogP contribution in [0.15, 0.2) is 12.2 Å². The van der Waals surface area contributed by atoms with Gasteiger partial charge >= 0.3 is 12.1 Å². The molecule has 0 radical (unpaired) electrons. The molecule has 0 saturated heterocycles. The topological polar surface area (TPSA) is 55.4 Å². The zero-order chi connectivity index (χ0) is 17.0. The molecule has 1 N–H and O–H groups in total. The highest BCUT2D eigenvalue weighted by atomic mass is 32.2. The molecule has 0 aliphatic carbocycles. The van der Waals surface area contributed by atoms with Gasteiger partial charge in [0.2, 0.25) is 0 Å². The van der Waals surface area contributed by atoms with Gasteiger partial charge in [0.25, 0.3) is 0 Å². The van der Waals surface area contributed by atoms with Crippen LogP contribution in [0, 0.1) is 0 Å². The highest BCUT2D eigenvalue weighted by Crippen LogP contribution is 2.27. The largest absolute Gasteiger partial charge is 0.459 e. The average molecular weight is 329 g/mol. The Morgan fingerprint density at radius 2 is 1.81 bits per heavy atom. The fourth-order valence-corrected chi connectivity index (χ4v) is 1.92. The average Bonchev–Trinajstić information content (AvgIpc) is 2.31. The summed E-state index contributed by atoms with van der Waals surface area (Å²) in [7, 11) is -2.00. The summed E-state index contributed by atoms with van der Waals surface area (Å²) >= 11 is 0. The molecule has 21 heavy (non-hydrogen) atoms. The number of carbonyl (C=O) groups is 1. The Morgan fingerprint density at radius 3 is 2.14 bits per heavy atom. The number of carbonyl (C=O) groups excluding carboxylic acids is 1. The Labute approximate surface area is 125 Å². The Balaban J connectivity index is 5.14. The summed E-state index contributed by atoms with van der Waals surface area (Å²) in [5.74, 6) is -1.15. The number of esters is 1. The van der Waals surface area contributed by atoms with E-state index in [9.17, 15) is 22.2 Å². The van der Waals surface area contributed by atoms with Crippen LogP contribution in [0.5, 0.6) is 0 Å². The smallest absolute Gasteiger partial charge is 0.409 e. The number of halogens is 3. The van der Waals surface area contributed by atoms with Crippen LogP contribution in [0.3, 0.4) is 0 Å². The lowest BCUT2D eigenvalue weighted by Crippen LogP contribution is -2.50. The van der Waals surface area contributed by atoms with Crippen molar-refractivity contribution in [2.24, 2.45) is 0 Å². The van der Waals surface area contributed by atoms with Crippen molar-refractivity contribution in [1.29, 1.82) is 0 Å². The van der Waals surface area contributed by atoms with E-state index >= 15 is 0 Å². The lowest BCUT2D eigenvalue weighted by atomic mass is 10.1. The fraction of sp³-hybridized carbons (Fsp3) is 0.769. The van der Waals surface area contributed by atoms with Gasteiger partial charge in [-0.25, -0.2) is 13.7 Å². The van der Waals surface area contributed by atoms with Crippen molar-refractivity contribution in [1.82, 2.24) is 4.72 Å². The molecule has 0 fully saturated rings. The minimum atomic E-state index is -4.80. The Morgan fingerprint density at radius 1 is 1.33 bits per heavy atom. The summed E-state index contributed by atoms with van der Waals surface area (Å²) in [6.07, 6.45) is -4.85. The predicted octanol–water partition coefficient (Wildman–Crippen LogP) is 2.87. The van der Waals surface area contributed by atoms with E-state index in [-0.39, 0.29) is 0 Å². The zero-order valence-corrected chi connectivity index (χ0v) is 13.7. The van der Waals surface area contributed by atoms with Crippen molar-refractivity contribution in [2.45, 2.75) is 64.1 Å². The minimum Gasteiger partial charge on any atom is -0.459 e. The summed E-state index contributed by atoms with van der Waals surface area (Å²) in [6.45, 7) is 11.0. The van der Waals surface area contributed by atoms with Crippen molar-refractivity contribution in [3.8, 4) is 0 Å². The van der Waals surface area contributed by atoms with Gasteiger partial charge in [-0.2, -0.15) is 13.2 Å². The van der Waals surface area contributed by atoms with Gasteiger partial charge in [-0.05, 0) is 34.1 Å². The number of hydrogen-bond donors (Lipinski definition) is 1. The molecule has 3 atom stereocenters. The van der Waals surface area contributed by atoms with Gasteiger partial charge in [0.05, 0.1) is 27.4 Å². The predicted molar refractivity (Wildman–Crippen MR) is 75.9 cm³/mol. The lowest BCUT2D eigenvalue weighted by Gasteiger charge is -2.27. The van der Waals surface area contributed by atoms with Gasteiger partial charge in [0.15, 0.2) is 0 Å². The third-order valence-electron chi connectivity index (χ3n) is 2.60. The highest BCUT2D eigenvalue weighted by molar-refractivity contribution is 7.84. The first-order valence-corrected chi connectivity index (χ1v) is 7.60. The number of ether oxygens (including phenoxy) is 1. The maximum atomic E-state index is 13.0. The quantitative estimate of drug-likeness (QED) is 0.602. The summed E-state index contributed by atoms with van der Waals surface area (Å²) < 4.78 is 56.8. The van der Waals surface area contributed by atoms with Gasteiger partial charge < -0.3 is 4.74 Å². The van der Waals surface area contributed by atoms with E-state index < -0.39 is 45.6 Å². The lowest BCUT2D eigenvalue weighted by molar-refractivity contribution is -0.157. The Kier molecular flexibility index (Phi) is 7.08. The van der Waals surface area contributed by atoms with Crippen molar-refractivity contribution < 1.29 is 26.9 Å². The third-order valence-corrected chi connectivity index (χ3v) is 4.16. The number of alkyl halides is 3. The van der Waals surface area contributed by atoms with Crippen molar-refractivity contribution in [3.63, 3.8) is 0 Å². The van der Waals surface area contributed by atoms with E-state index in [0.717, 1.165) is 0 Å². The molecule has 1 unspecified atom stereocenters. The molecule has 0 rings (SSSR count). The van der Waals surface area contributed by atoms with Crippen LogP contribution in [0.2, 0.25) is 0 Å². The second kappa shape index (κ2) is 7.40. The van der Waals surface area contributed by atoms with E-state index in [1.807, 2.05) is 4.72 Å². The van der Waals surface area contributed by atoms with E-state index in [2.05, 4.69) is 6.58 Å². The van der Waals surface area contributed by atoms with Crippen LogP contribution in [-0.2, 0) is 20.5 Å². The van der Waals surface area contributed by atoms with Crippen LogP contribution in [0.4, 0.5) is 13.2 Å². The molecule has 0 aromatic heterocycles.